The summed E-state index contributed by atoms with van der Waals surface area (Å²) in [5.41, 5.74) is 0. The molecule has 1 aromatic heterocycles. The molecule has 3 nitrogen and oxygen atoms in total. The van der Waals surface area contributed by atoms with Gasteiger partial charge in [0.25, 0.3) is 0 Å². The van der Waals surface area contributed by atoms with Crippen molar-refractivity contribution in [1.29, 1.82) is 0 Å². The average Bonchev–Trinajstić information content (AvgIpc) is 2.14. The molecule has 1 heterocycles. The Kier molecular flexibility index (Phi) is 3.06. The molecule has 0 aliphatic heterocycles. The normalized spacial score (nSPS) is 9.60. The summed E-state index contributed by atoms with van der Waals surface area (Å²) >= 11 is 0. The first-order valence-corrected chi connectivity index (χ1v) is 3.00. The fourth-order valence-corrected chi connectivity index (χ4v) is 0.545. The van der Waals surface area contributed by atoms with Gasteiger partial charge >= 0.3 is 0 Å². The van der Waals surface area contributed by atoms with Crippen molar-refractivity contribution in [2.75, 3.05) is 0 Å². The minimum Gasteiger partial charge on any atom is -0.425 e. The summed E-state index contributed by atoms with van der Waals surface area (Å²) in [4.78, 5) is 0. The summed E-state index contributed by atoms with van der Waals surface area (Å²) in [5.74, 6) is 1.69. The van der Waals surface area contributed by atoms with E-state index < -0.39 is 0 Å². The number of rotatable bonds is 1. The van der Waals surface area contributed by atoms with Crippen molar-refractivity contribution in [3.63, 3.8) is 0 Å². The molecule has 0 atom stereocenters. The van der Waals surface area contributed by atoms with Gasteiger partial charge in [-0.05, 0) is 0 Å². The third-order valence-electron chi connectivity index (χ3n) is 1.04. The third-order valence-corrected chi connectivity index (χ3v) is 1.04. The van der Waals surface area contributed by atoms with Gasteiger partial charge < -0.3 is 4.42 Å². The second-order valence-corrected chi connectivity index (χ2v) is 2.31. The van der Waals surface area contributed by atoms with E-state index in [0.717, 1.165) is 0 Å². The molecule has 0 aliphatic carbocycles. The van der Waals surface area contributed by atoms with E-state index in [1.807, 2.05) is 13.8 Å². The molecule has 0 bridgehead atoms. The number of hydrogen-bond donors (Lipinski definition) is 0. The van der Waals surface area contributed by atoms with E-state index in [1.54, 1.807) is 6.92 Å². The highest BCUT2D eigenvalue weighted by atomic mass is 16.4. The summed E-state index contributed by atoms with van der Waals surface area (Å²) in [5, 5.41) is 7.52. The van der Waals surface area contributed by atoms with Crippen molar-refractivity contribution in [3.05, 3.63) is 11.8 Å². The summed E-state index contributed by atoms with van der Waals surface area (Å²) in [6, 6.07) is 0. The maximum atomic E-state index is 5.12. The fourth-order valence-electron chi connectivity index (χ4n) is 0.545. The monoisotopic (exact) mass is 142 g/mol. The predicted molar refractivity (Wildman–Crippen MR) is 39.9 cm³/mol. The van der Waals surface area contributed by atoms with Crippen LogP contribution in [-0.4, -0.2) is 10.2 Å². The predicted octanol–water partition coefficient (Wildman–Crippen LogP) is 2.14. The minimum atomic E-state index is 0. The van der Waals surface area contributed by atoms with Crippen molar-refractivity contribution < 1.29 is 4.42 Å². The third kappa shape index (κ3) is 1.83. The molecule has 1 rings (SSSR count). The van der Waals surface area contributed by atoms with Gasteiger partial charge in [-0.1, -0.05) is 21.3 Å². The topological polar surface area (TPSA) is 38.9 Å². The summed E-state index contributed by atoms with van der Waals surface area (Å²) in [6.07, 6.45) is 0. The molecule has 0 saturated heterocycles. The summed E-state index contributed by atoms with van der Waals surface area (Å²) < 4.78 is 5.12. The second kappa shape index (κ2) is 3.34. The van der Waals surface area contributed by atoms with Crippen LogP contribution < -0.4 is 0 Å². The van der Waals surface area contributed by atoms with Gasteiger partial charge in [-0.25, -0.2) is 0 Å². The molecular formula is C7H14N2O. The lowest BCUT2D eigenvalue weighted by molar-refractivity contribution is 0.448. The lowest BCUT2D eigenvalue weighted by atomic mass is 10.2. The Balaban J connectivity index is 0.000000810. The van der Waals surface area contributed by atoms with Gasteiger partial charge in [0.1, 0.15) is 0 Å². The largest absolute Gasteiger partial charge is 0.425 e. The molecule has 1 aromatic rings. The van der Waals surface area contributed by atoms with E-state index in [-0.39, 0.29) is 7.43 Å². The molecule has 0 fully saturated rings. The highest BCUT2D eigenvalue weighted by molar-refractivity contribution is 4.84. The Morgan fingerprint density at radius 1 is 1.30 bits per heavy atom. The molecule has 0 aromatic carbocycles. The van der Waals surface area contributed by atoms with E-state index in [2.05, 4.69) is 10.2 Å². The molecule has 0 aliphatic rings. The fraction of sp³-hybridized carbons (Fsp3) is 0.714. The van der Waals surface area contributed by atoms with Crippen LogP contribution in [-0.2, 0) is 0 Å². The molecule has 3 heteroatoms. The first-order chi connectivity index (χ1) is 4.20. The standard InChI is InChI=1S/C6H10N2O.CH4/c1-4(2)6-8-7-5(3)9-6;/h4H,1-3H3;1H4. The van der Waals surface area contributed by atoms with Crippen LogP contribution in [0, 0.1) is 6.92 Å². The van der Waals surface area contributed by atoms with E-state index in [4.69, 9.17) is 4.42 Å². The Morgan fingerprint density at radius 2 is 1.90 bits per heavy atom. The van der Waals surface area contributed by atoms with E-state index in [9.17, 15) is 0 Å². The maximum absolute atomic E-state index is 5.12. The first kappa shape index (κ1) is 9.14. The summed E-state index contributed by atoms with van der Waals surface area (Å²) in [6.45, 7) is 5.83. The van der Waals surface area contributed by atoms with Crippen molar-refractivity contribution in [3.8, 4) is 0 Å². The highest BCUT2D eigenvalue weighted by Gasteiger charge is 2.04. The molecule has 10 heavy (non-hydrogen) atoms. The SMILES string of the molecule is C.Cc1nnc(C(C)C)o1. The lowest BCUT2D eigenvalue weighted by Crippen LogP contribution is -1.85. The molecule has 0 N–H and O–H groups in total. The van der Waals surface area contributed by atoms with Crippen LogP contribution in [0.2, 0.25) is 0 Å². The number of aromatic nitrogens is 2. The first-order valence-electron chi connectivity index (χ1n) is 3.00. The van der Waals surface area contributed by atoms with Crippen LogP contribution in [0.5, 0.6) is 0 Å². The second-order valence-electron chi connectivity index (χ2n) is 2.31. The van der Waals surface area contributed by atoms with E-state index in [0.29, 0.717) is 17.7 Å². The van der Waals surface area contributed by atoms with Crippen molar-refractivity contribution in [2.24, 2.45) is 0 Å². The minimum absolute atomic E-state index is 0. The van der Waals surface area contributed by atoms with Crippen molar-refractivity contribution >= 4 is 0 Å². The van der Waals surface area contributed by atoms with Crippen LogP contribution in [0.1, 0.15) is 39.0 Å². The van der Waals surface area contributed by atoms with Gasteiger partial charge in [-0.15, -0.1) is 10.2 Å². The highest BCUT2D eigenvalue weighted by Crippen LogP contribution is 2.10. The van der Waals surface area contributed by atoms with Crippen LogP contribution >= 0.6 is 0 Å². The zero-order chi connectivity index (χ0) is 6.85. The van der Waals surface area contributed by atoms with Gasteiger partial charge in [0.2, 0.25) is 11.8 Å². The number of aryl methyl sites for hydroxylation is 1. The Hall–Kier alpha value is -0.860. The van der Waals surface area contributed by atoms with Crippen LogP contribution in [0.4, 0.5) is 0 Å². The zero-order valence-corrected chi connectivity index (χ0v) is 5.88. The molecule has 0 saturated carbocycles. The van der Waals surface area contributed by atoms with Crippen molar-refractivity contribution in [2.45, 2.75) is 34.1 Å². The lowest BCUT2D eigenvalue weighted by Gasteiger charge is -1.92. The average molecular weight is 142 g/mol. The number of nitrogens with zero attached hydrogens (tertiary/aromatic N) is 2. The molecule has 58 valence electrons. The van der Waals surface area contributed by atoms with Gasteiger partial charge in [-0.2, -0.15) is 0 Å². The van der Waals surface area contributed by atoms with Gasteiger partial charge in [0, 0.05) is 12.8 Å². The molecule has 0 spiro atoms. The Labute approximate surface area is 61.5 Å². The molecule has 0 radical (unpaired) electrons. The van der Waals surface area contributed by atoms with Gasteiger partial charge in [-0.3, -0.25) is 0 Å². The summed E-state index contributed by atoms with van der Waals surface area (Å²) in [7, 11) is 0. The Morgan fingerprint density at radius 3 is 2.10 bits per heavy atom. The van der Waals surface area contributed by atoms with E-state index >= 15 is 0 Å². The Bertz CT molecular complexity index is 193. The maximum Gasteiger partial charge on any atom is 0.219 e. The van der Waals surface area contributed by atoms with Gasteiger partial charge in [0.05, 0.1) is 0 Å². The quantitative estimate of drug-likeness (QED) is 0.603. The van der Waals surface area contributed by atoms with Gasteiger partial charge in [0.15, 0.2) is 0 Å². The van der Waals surface area contributed by atoms with Crippen molar-refractivity contribution in [1.82, 2.24) is 10.2 Å². The number of hydrogen-bond acceptors (Lipinski definition) is 3. The molecular weight excluding hydrogens is 128 g/mol. The molecule has 0 amide bonds. The smallest absolute Gasteiger partial charge is 0.219 e. The van der Waals surface area contributed by atoms with Crippen LogP contribution in [0.3, 0.4) is 0 Å². The van der Waals surface area contributed by atoms with Crippen LogP contribution in [0.15, 0.2) is 4.42 Å². The van der Waals surface area contributed by atoms with E-state index in [1.165, 1.54) is 0 Å². The zero-order valence-electron chi connectivity index (χ0n) is 5.88. The van der Waals surface area contributed by atoms with Crippen LogP contribution in [0.25, 0.3) is 0 Å². The molecule has 0 unspecified atom stereocenters.